The van der Waals surface area contributed by atoms with Crippen molar-refractivity contribution in [2.75, 3.05) is 13.7 Å². The van der Waals surface area contributed by atoms with E-state index in [0.717, 1.165) is 21.6 Å². The van der Waals surface area contributed by atoms with Crippen LogP contribution in [0.2, 0.25) is 0 Å². The van der Waals surface area contributed by atoms with Gasteiger partial charge in [0.15, 0.2) is 22.4 Å². The molecule has 2 amide bonds. The van der Waals surface area contributed by atoms with Gasteiger partial charge in [0.05, 0.1) is 24.2 Å². The van der Waals surface area contributed by atoms with Crippen molar-refractivity contribution in [3.8, 4) is 0 Å². The number of ether oxygens (including phenoxy) is 2. The maximum absolute atomic E-state index is 13.9. The smallest absolute Gasteiger partial charge is 0.303 e. The van der Waals surface area contributed by atoms with Crippen molar-refractivity contribution >= 4 is 55.0 Å². The van der Waals surface area contributed by atoms with E-state index in [9.17, 15) is 29.4 Å². The number of esters is 1. The summed E-state index contributed by atoms with van der Waals surface area (Å²) >= 11 is 0. The number of piperazine rings is 1. The first-order valence-electron chi connectivity index (χ1n) is 10.6. The third-order valence-corrected chi connectivity index (χ3v) is 13.2. The molecule has 182 valence electrons. The van der Waals surface area contributed by atoms with Crippen molar-refractivity contribution in [1.82, 2.24) is 9.80 Å². The first-order chi connectivity index (χ1) is 15.2. The Bertz CT molecular complexity index is 994. The number of nitrogens with zero attached hydrogens (tertiary/aromatic N) is 2. The number of Topliss-reactive ketones (excluding diaryl/α,β-unsaturated/α-hetero) is 1. The first kappa shape index (κ1) is 23.7. The summed E-state index contributed by atoms with van der Waals surface area (Å²) in [7, 11) is 4.90. The Labute approximate surface area is 202 Å². The molecule has 0 unspecified atom stereocenters. The van der Waals surface area contributed by atoms with Gasteiger partial charge in [-0.05, 0) is 38.3 Å². The number of carbonyl (C=O) groups excluding carboxylic acids is 4. The summed E-state index contributed by atoms with van der Waals surface area (Å²) < 4.78 is 11.8. The quantitative estimate of drug-likeness (QED) is 0.386. The molecule has 0 aromatic heterocycles. The van der Waals surface area contributed by atoms with Crippen LogP contribution in [-0.4, -0.2) is 96.4 Å². The highest BCUT2D eigenvalue weighted by Crippen LogP contribution is 2.69. The standard InChI is InChI=1S/C20H26N2O8S3/c1-9-16(3,4)12(25)18(30-9)6-11-17(28,13(18)29-10(2)24)7-19-14(26)21(5)20(8-23,32-33-31-19)15(27)22(11)19/h9,11,13,23,28H,6-8H2,1-5H3/t9-,11-,13+,17+,18+,19-,20-/m1/s1. The van der Waals surface area contributed by atoms with Crippen LogP contribution < -0.4 is 0 Å². The number of fused-ring (bicyclic) bond motifs is 4. The SMILES string of the molecule is CC(=O)O[C@H]1[C@]2(O)C[C@]34SSS[C@](CO)(C(=O)N3[C@@H]2C[C@@]12O[C@H](C)C(C)(C)C2=O)N(C)C4=O. The molecule has 5 aliphatic heterocycles. The molecule has 10 nitrogen and oxygen atoms in total. The van der Waals surface area contributed by atoms with Crippen molar-refractivity contribution in [2.24, 2.45) is 5.41 Å². The molecule has 6 fully saturated rings. The molecule has 1 saturated carbocycles. The maximum atomic E-state index is 13.9. The number of rotatable bonds is 2. The van der Waals surface area contributed by atoms with Crippen LogP contribution in [0.15, 0.2) is 0 Å². The second-order valence-electron chi connectivity index (χ2n) is 10.1. The van der Waals surface area contributed by atoms with Crippen LogP contribution in [0.4, 0.5) is 0 Å². The van der Waals surface area contributed by atoms with Crippen molar-refractivity contribution in [3.05, 3.63) is 0 Å². The van der Waals surface area contributed by atoms with Gasteiger partial charge in [-0.15, -0.1) is 0 Å². The average Bonchev–Trinajstić information content (AvgIpc) is 3.10. The number of amides is 2. The van der Waals surface area contributed by atoms with Crippen LogP contribution in [0, 0.1) is 5.41 Å². The van der Waals surface area contributed by atoms with Crippen LogP contribution in [0.1, 0.15) is 40.5 Å². The van der Waals surface area contributed by atoms with Gasteiger partial charge < -0.3 is 29.5 Å². The molecular formula is C20H26N2O8S3. The Balaban J connectivity index is 1.69. The van der Waals surface area contributed by atoms with Gasteiger partial charge in [-0.1, -0.05) is 13.8 Å². The minimum atomic E-state index is -1.89. The molecule has 7 atom stereocenters. The van der Waals surface area contributed by atoms with E-state index in [0.29, 0.717) is 0 Å². The van der Waals surface area contributed by atoms with E-state index in [2.05, 4.69) is 0 Å². The number of hydrogen-bond acceptors (Lipinski definition) is 11. The largest absolute Gasteiger partial charge is 0.456 e. The lowest BCUT2D eigenvalue weighted by Crippen LogP contribution is -2.73. The summed E-state index contributed by atoms with van der Waals surface area (Å²) in [5.41, 5.74) is -4.45. The summed E-state index contributed by atoms with van der Waals surface area (Å²) in [4.78, 5) is 52.8. The van der Waals surface area contributed by atoms with Crippen LogP contribution >= 0.6 is 31.4 Å². The van der Waals surface area contributed by atoms with Crippen LogP contribution in [0.25, 0.3) is 0 Å². The Morgan fingerprint density at radius 2 is 1.91 bits per heavy atom. The van der Waals surface area contributed by atoms with E-state index in [1.807, 2.05) is 0 Å². The number of likely N-dealkylation sites (N-methyl/N-ethyl adjacent to an activating group) is 1. The van der Waals surface area contributed by atoms with Gasteiger partial charge in [-0.2, -0.15) is 0 Å². The summed E-state index contributed by atoms with van der Waals surface area (Å²) in [6, 6.07) is -1.02. The molecule has 33 heavy (non-hydrogen) atoms. The number of aliphatic hydroxyl groups is 2. The van der Waals surface area contributed by atoms with E-state index in [1.54, 1.807) is 20.8 Å². The number of hydrogen-bond donors (Lipinski definition) is 2. The van der Waals surface area contributed by atoms with Gasteiger partial charge in [-0.25, -0.2) is 0 Å². The molecule has 5 saturated heterocycles. The van der Waals surface area contributed by atoms with Crippen LogP contribution in [-0.2, 0) is 28.7 Å². The normalized spacial score (nSPS) is 47.8. The van der Waals surface area contributed by atoms with Crippen molar-refractivity contribution < 1.29 is 38.9 Å². The molecule has 0 radical (unpaired) electrons. The molecule has 2 spiro atoms. The summed E-state index contributed by atoms with van der Waals surface area (Å²) in [5.74, 6) is -1.96. The molecule has 6 aliphatic rings. The second kappa shape index (κ2) is 6.82. The van der Waals surface area contributed by atoms with Crippen molar-refractivity contribution in [2.45, 2.75) is 79.7 Å². The Kier molecular flexibility index (Phi) is 4.90. The maximum Gasteiger partial charge on any atom is 0.303 e. The van der Waals surface area contributed by atoms with Gasteiger partial charge in [0.2, 0.25) is 4.87 Å². The van der Waals surface area contributed by atoms with Crippen molar-refractivity contribution in [1.29, 1.82) is 0 Å². The lowest BCUT2D eigenvalue weighted by atomic mass is 9.76. The Hall–Kier alpha value is -0.990. The predicted octanol–water partition coefficient (Wildman–Crippen LogP) is 0.307. The monoisotopic (exact) mass is 518 g/mol. The molecule has 2 bridgehead atoms. The summed E-state index contributed by atoms with van der Waals surface area (Å²) in [6.07, 6.45) is -2.26. The Morgan fingerprint density at radius 3 is 2.45 bits per heavy atom. The fourth-order valence-corrected chi connectivity index (χ4v) is 12.0. The lowest BCUT2D eigenvalue weighted by molar-refractivity contribution is -0.189. The molecular weight excluding hydrogens is 492 g/mol. The highest BCUT2D eigenvalue weighted by atomic mass is 33.5. The number of ketones is 1. The van der Waals surface area contributed by atoms with Gasteiger partial charge in [0.25, 0.3) is 11.8 Å². The summed E-state index contributed by atoms with van der Waals surface area (Å²) in [5, 5.41) is 22.3. The van der Waals surface area contributed by atoms with E-state index >= 15 is 0 Å². The molecule has 6 rings (SSSR count). The zero-order valence-corrected chi connectivity index (χ0v) is 21.3. The highest BCUT2D eigenvalue weighted by molar-refractivity contribution is 9.10. The first-order valence-corrected chi connectivity index (χ1v) is 14.1. The van der Waals surface area contributed by atoms with Crippen molar-refractivity contribution in [3.63, 3.8) is 0 Å². The zero-order valence-electron chi connectivity index (χ0n) is 18.8. The lowest BCUT2D eigenvalue weighted by Gasteiger charge is -2.50. The fourth-order valence-electron chi connectivity index (χ4n) is 6.10. The average molecular weight is 519 g/mol. The molecule has 13 heteroatoms. The number of carbonyl (C=O) groups is 4. The molecule has 5 heterocycles. The van der Waals surface area contributed by atoms with Gasteiger partial charge in [-0.3, -0.25) is 19.2 Å². The third kappa shape index (κ3) is 2.51. The number of aliphatic hydroxyl groups excluding tert-OH is 1. The van der Waals surface area contributed by atoms with Gasteiger partial charge in [0.1, 0.15) is 5.60 Å². The molecule has 0 aromatic rings. The topological polar surface area (TPSA) is 134 Å². The zero-order chi connectivity index (χ0) is 24.4. The third-order valence-electron chi connectivity index (χ3n) is 8.12. The minimum Gasteiger partial charge on any atom is -0.456 e. The molecule has 1 aliphatic carbocycles. The second-order valence-corrected chi connectivity index (χ2v) is 14.5. The summed E-state index contributed by atoms with van der Waals surface area (Å²) in [6.45, 7) is 5.80. The van der Waals surface area contributed by atoms with Crippen LogP contribution in [0.3, 0.4) is 0 Å². The van der Waals surface area contributed by atoms with E-state index in [4.69, 9.17) is 9.47 Å². The van der Waals surface area contributed by atoms with E-state index in [1.165, 1.54) is 33.6 Å². The van der Waals surface area contributed by atoms with Crippen LogP contribution in [0.5, 0.6) is 0 Å². The minimum absolute atomic E-state index is 0.115. The van der Waals surface area contributed by atoms with Gasteiger partial charge in [0, 0.05) is 26.8 Å². The predicted molar refractivity (Wildman–Crippen MR) is 121 cm³/mol. The van der Waals surface area contributed by atoms with Gasteiger partial charge >= 0.3 is 5.97 Å². The Morgan fingerprint density at radius 1 is 1.24 bits per heavy atom. The van der Waals surface area contributed by atoms with E-state index in [-0.39, 0.29) is 18.6 Å². The molecule has 0 aromatic carbocycles. The molecule has 2 N–H and O–H groups in total. The highest BCUT2D eigenvalue weighted by Gasteiger charge is 2.83. The fraction of sp³-hybridized carbons (Fsp3) is 0.800. The van der Waals surface area contributed by atoms with E-state index < -0.39 is 69.0 Å².